The molecule has 0 aliphatic carbocycles. The van der Waals surface area contributed by atoms with Crippen LogP contribution in [0.5, 0.6) is 17.2 Å². The highest BCUT2D eigenvalue weighted by Gasteiger charge is 2.23. The molecule has 0 saturated heterocycles. The Labute approximate surface area is 256 Å². The summed E-state index contributed by atoms with van der Waals surface area (Å²) in [6.45, 7) is 14.1. The van der Waals surface area contributed by atoms with E-state index in [-0.39, 0.29) is 17.7 Å². The molecule has 0 radical (unpaired) electrons. The highest BCUT2D eigenvalue weighted by Crippen LogP contribution is 2.32. The molecule has 1 N–H and O–H groups in total. The molecule has 3 aromatic rings. The van der Waals surface area contributed by atoms with E-state index < -0.39 is 10.5 Å². The summed E-state index contributed by atoms with van der Waals surface area (Å²) in [4.78, 5) is 13.3. The second-order valence-corrected chi connectivity index (χ2v) is 11.4. The lowest BCUT2D eigenvalue weighted by Gasteiger charge is -2.21. The molecule has 0 fully saturated rings. The Hall–Kier alpha value is -3.24. The Morgan fingerprint density at radius 1 is 0.929 bits per heavy atom. The average Bonchev–Trinajstić information content (AvgIpc) is 3.50. The number of ether oxygens (including phenoxy) is 3. The van der Waals surface area contributed by atoms with Crippen molar-refractivity contribution < 1.29 is 24.2 Å². The second-order valence-electron chi connectivity index (χ2n) is 10.7. The van der Waals surface area contributed by atoms with Crippen molar-refractivity contribution in [3.63, 3.8) is 0 Å². The average molecular weight is 604 g/mol. The number of methoxy groups -OCH3 is 3. The van der Waals surface area contributed by atoms with E-state index in [1.54, 1.807) is 35.2 Å². The number of thiol groups is 1. The predicted octanol–water partition coefficient (Wildman–Crippen LogP) is 7.31. The van der Waals surface area contributed by atoms with Gasteiger partial charge in [0.05, 0.1) is 33.5 Å². The van der Waals surface area contributed by atoms with Crippen molar-refractivity contribution in [1.82, 2.24) is 9.55 Å². The third-order valence-electron chi connectivity index (χ3n) is 7.12. The minimum Gasteiger partial charge on any atom is -0.496 e. The summed E-state index contributed by atoms with van der Waals surface area (Å²) in [5, 5.41) is 19.4. The van der Waals surface area contributed by atoms with Crippen LogP contribution in [0.3, 0.4) is 0 Å². The largest absolute Gasteiger partial charge is 0.496 e. The molecule has 3 rings (SSSR count). The van der Waals surface area contributed by atoms with E-state index in [1.807, 2.05) is 19.9 Å². The van der Waals surface area contributed by atoms with Gasteiger partial charge in [-0.1, -0.05) is 45.9 Å². The van der Waals surface area contributed by atoms with E-state index in [0.717, 1.165) is 35.7 Å². The van der Waals surface area contributed by atoms with Crippen molar-refractivity contribution in [2.45, 2.75) is 72.1 Å². The summed E-state index contributed by atoms with van der Waals surface area (Å²) in [5.74, 6) is 3.36. The zero-order chi connectivity index (χ0) is 32.0. The van der Waals surface area contributed by atoms with Gasteiger partial charge < -0.3 is 34.0 Å². The number of aliphatic hydroxyl groups is 1. The zero-order valence-corrected chi connectivity index (χ0v) is 27.6. The molecule has 0 aliphatic heterocycles. The number of hydrogen-bond donors (Lipinski definition) is 2. The van der Waals surface area contributed by atoms with Crippen LogP contribution in [-0.4, -0.2) is 47.5 Å². The lowest BCUT2D eigenvalue weighted by Crippen LogP contribution is -2.29. The molecule has 1 aromatic heterocycles. The van der Waals surface area contributed by atoms with Crippen molar-refractivity contribution in [2.24, 2.45) is 11.8 Å². The van der Waals surface area contributed by atoms with Gasteiger partial charge in [-0.05, 0) is 84.7 Å². The van der Waals surface area contributed by atoms with Crippen LogP contribution in [0.25, 0.3) is 0 Å². The van der Waals surface area contributed by atoms with Crippen LogP contribution < -0.4 is 14.2 Å². The maximum absolute atomic E-state index is 10.3. The maximum Gasteiger partial charge on any atom is 0.381 e. The molecule has 2 aromatic carbocycles. The number of aromatic nitrogens is 2. The van der Waals surface area contributed by atoms with Gasteiger partial charge in [-0.15, -0.1) is 0 Å². The number of nitrogens with zero attached hydrogens (tertiary/aromatic N) is 3. The number of aliphatic hydroxyl groups excluding tert-OH is 1. The van der Waals surface area contributed by atoms with E-state index in [2.05, 4.69) is 68.7 Å². The van der Waals surface area contributed by atoms with Crippen LogP contribution in [0.4, 0.5) is 5.82 Å². The number of hydrogen-bond acceptors (Lipinski definition) is 8. The van der Waals surface area contributed by atoms with Crippen molar-refractivity contribution in [1.29, 1.82) is 0 Å². The van der Waals surface area contributed by atoms with Crippen LogP contribution in [0.1, 0.15) is 70.4 Å². The van der Waals surface area contributed by atoms with Crippen molar-refractivity contribution in [2.75, 3.05) is 27.9 Å². The first-order valence-corrected chi connectivity index (χ1v) is 14.7. The Balaban J connectivity index is 0.000000491. The molecule has 0 bridgehead atoms. The molecule has 1 heterocycles. The quantitative estimate of drug-likeness (QED) is 0.127. The van der Waals surface area contributed by atoms with Crippen LogP contribution in [0, 0.1) is 22.0 Å². The molecule has 0 spiro atoms. The van der Waals surface area contributed by atoms with Crippen molar-refractivity contribution >= 4 is 18.4 Å². The van der Waals surface area contributed by atoms with Crippen LogP contribution in [-0.2, 0) is 18.4 Å². The van der Waals surface area contributed by atoms with Crippen LogP contribution in [0.15, 0.2) is 48.9 Å². The van der Waals surface area contributed by atoms with Gasteiger partial charge in [0.25, 0.3) is 0 Å². The highest BCUT2D eigenvalue weighted by molar-refractivity contribution is 7.80. The van der Waals surface area contributed by atoms with Gasteiger partial charge >= 0.3 is 5.82 Å². The minimum atomic E-state index is -0.566. The fourth-order valence-electron chi connectivity index (χ4n) is 4.20. The number of rotatable bonds is 12. The van der Waals surface area contributed by atoms with Gasteiger partial charge in [0, 0.05) is 10.8 Å². The van der Waals surface area contributed by atoms with E-state index >= 15 is 0 Å². The van der Waals surface area contributed by atoms with E-state index in [0.29, 0.717) is 11.8 Å². The molecular weight excluding hydrogens is 554 g/mol. The fraction of sp³-hybridized carbons (Fsp3) is 0.531. The van der Waals surface area contributed by atoms with E-state index in [1.165, 1.54) is 28.2 Å². The normalized spacial score (nSPS) is 13.0. The van der Waals surface area contributed by atoms with Crippen LogP contribution >= 0.6 is 12.6 Å². The minimum absolute atomic E-state index is 0.0967. The number of imidazole rings is 1. The summed E-state index contributed by atoms with van der Waals surface area (Å²) >= 11 is 4.53. The Kier molecular flexibility index (Phi) is 15.5. The highest BCUT2D eigenvalue weighted by atomic mass is 32.1. The summed E-state index contributed by atoms with van der Waals surface area (Å²) < 4.78 is 17.8. The molecule has 0 amide bonds. The molecule has 42 heavy (non-hydrogen) atoms. The Morgan fingerprint density at radius 3 is 1.86 bits per heavy atom. The standard InChI is InChI=1S/C23H32O3S.C7H11N3O3.C2H6/c1-15(11-18-7-9-20(17(3)27)22(13-18)25-5)16(2)12-19-8-10-21(24-4)23(14-19)26-6;1-7(2,4-11)9-3-6(8-5-9)10(12)13;1-2/h7-10,13-17,27H,11-12H2,1-6H3;3,5,11H,4H2,1-2H3;1-2H3. The SMILES string of the molecule is CC.CC(C)(CO)n1cnc([N+](=O)[O-])c1.COc1ccc(CC(C)C(C)Cc2ccc(C(C)S)c(OC)c2)cc1OC. The molecule has 9 nitrogen and oxygen atoms in total. The second kappa shape index (κ2) is 17.7. The first kappa shape index (κ1) is 36.8. The van der Waals surface area contributed by atoms with Crippen LogP contribution in [0.2, 0.25) is 0 Å². The topological polar surface area (TPSA) is 109 Å². The van der Waals surface area contributed by atoms with Gasteiger partial charge in [0.1, 0.15) is 11.9 Å². The maximum atomic E-state index is 10.3. The van der Waals surface area contributed by atoms with E-state index in [4.69, 9.17) is 19.3 Å². The fourth-order valence-corrected chi connectivity index (χ4v) is 4.41. The smallest absolute Gasteiger partial charge is 0.381 e. The van der Waals surface area contributed by atoms with E-state index in [9.17, 15) is 10.1 Å². The number of nitro groups is 1. The molecule has 0 aliphatic rings. The molecular formula is C32H49N3O6S. The molecule has 3 atom stereocenters. The molecule has 0 saturated carbocycles. The molecule has 234 valence electrons. The Morgan fingerprint density at radius 2 is 1.43 bits per heavy atom. The summed E-state index contributed by atoms with van der Waals surface area (Å²) in [5.41, 5.74) is 3.15. The summed E-state index contributed by atoms with van der Waals surface area (Å²) in [7, 11) is 5.06. The lowest BCUT2D eigenvalue weighted by atomic mass is 9.85. The molecule has 10 heteroatoms. The van der Waals surface area contributed by atoms with Gasteiger partial charge in [-0.2, -0.15) is 12.6 Å². The zero-order valence-electron chi connectivity index (χ0n) is 26.7. The Bertz CT molecular complexity index is 1240. The van der Waals surface area contributed by atoms with Gasteiger partial charge in [0.2, 0.25) is 6.33 Å². The summed E-state index contributed by atoms with van der Waals surface area (Å²) in [6.07, 6.45) is 4.67. The monoisotopic (exact) mass is 603 g/mol. The third kappa shape index (κ3) is 10.5. The van der Waals surface area contributed by atoms with Gasteiger partial charge in [0.15, 0.2) is 11.5 Å². The lowest BCUT2D eigenvalue weighted by molar-refractivity contribution is -0.389. The number of benzene rings is 2. The first-order valence-electron chi connectivity index (χ1n) is 14.2. The predicted molar refractivity (Wildman–Crippen MR) is 172 cm³/mol. The first-order chi connectivity index (χ1) is 19.9. The third-order valence-corrected chi connectivity index (χ3v) is 7.40. The van der Waals surface area contributed by atoms with Crippen molar-refractivity contribution in [3.8, 4) is 17.2 Å². The summed E-state index contributed by atoms with van der Waals surface area (Å²) in [6, 6.07) is 12.7. The molecule has 3 unspecified atom stereocenters. The van der Waals surface area contributed by atoms with Gasteiger partial charge in [-0.3, -0.25) is 0 Å². The van der Waals surface area contributed by atoms with Crippen molar-refractivity contribution in [3.05, 3.63) is 75.7 Å². The van der Waals surface area contributed by atoms with Gasteiger partial charge in [-0.25, -0.2) is 0 Å².